The van der Waals surface area contributed by atoms with E-state index in [9.17, 15) is 4.39 Å². The van der Waals surface area contributed by atoms with Gasteiger partial charge in [-0.2, -0.15) is 0 Å². The van der Waals surface area contributed by atoms with Gasteiger partial charge in [0.25, 0.3) is 0 Å². The summed E-state index contributed by atoms with van der Waals surface area (Å²) in [4.78, 5) is 4.38. The molecule has 0 unspecified atom stereocenters. The first kappa shape index (κ1) is 10.7. The van der Waals surface area contributed by atoms with Crippen LogP contribution in [-0.4, -0.2) is 15.7 Å². The highest BCUT2D eigenvalue weighted by atomic mass is 19.1. The molecule has 15 heavy (non-hydrogen) atoms. The first-order valence-corrected chi connectivity index (χ1v) is 5.84. The topological polar surface area (TPSA) is 17.8 Å². The SMILES string of the molecule is CC(C)c1cn(C2CCC(F)CC2)cn1. The van der Waals surface area contributed by atoms with Crippen LogP contribution in [0.3, 0.4) is 0 Å². The molecular formula is C12H19FN2. The molecule has 1 fully saturated rings. The van der Waals surface area contributed by atoms with Crippen molar-refractivity contribution in [3.63, 3.8) is 0 Å². The largest absolute Gasteiger partial charge is 0.334 e. The molecule has 0 saturated heterocycles. The first-order valence-electron chi connectivity index (χ1n) is 5.84. The molecular weight excluding hydrogens is 191 g/mol. The predicted octanol–water partition coefficient (Wildman–Crippen LogP) is 3.46. The Bertz CT molecular complexity index is 311. The third-order valence-corrected chi connectivity index (χ3v) is 3.26. The lowest BCUT2D eigenvalue weighted by Crippen LogP contribution is -2.17. The van der Waals surface area contributed by atoms with E-state index in [2.05, 4.69) is 29.6 Å². The molecule has 1 aromatic rings. The average Bonchev–Trinajstić information content (AvgIpc) is 2.68. The fourth-order valence-electron chi connectivity index (χ4n) is 2.18. The van der Waals surface area contributed by atoms with Gasteiger partial charge in [-0.15, -0.1) is 0 Å². The number of halogens is 1. The van der Waals surface area contributed by atoms with Crippen molar-refractivity contribution in [2.75, 3.05) is 0 Å². The molecule has 3 heteroatoms. The molecule has 1 aliphatic rings. The van der Waals surface area contributed by atoms with Crippen molar-refractivity contribution in [1.82, 2.24) is 9.55 Å². The van der Waals surface area contributed by atoms with Crippen molar-refractivity contribution in [3.8, 4) is 0 Å². The van der Waals surface area contributed by atoms with Crippen LogP contribution in [0.15, 0.2) is 12.5 Å². The molecule has 1 saturated carbocycles. The Kier molecular flexibility index (Phi) is 3.08. The minimum Gasteiger partial charge on any atom is -0.334 e. The molecule has 0 amide bonds. The number of rotatable bonds is 2. The lowest BCUT2D eigenvalue weighted by Gasteiger charge is -2.25. The third kappa shape index (κ3) is 2.39. The van der Waals surface area contributed by atoms with Gasteiger partial charge in [0.05, 0.1) is 12.0 Å². The summed E-state index contributed by atoms with van der Waals surface area (Å²) in [6, 6.07) is 0.469. The normalized spacial score (nSPS) is 27.2. The summed E-state index contributed by atoms with van der Waals surface area (Å²) in [6.45, 7) is 4.29. The maximum Gasteiger partial charge on any atom is 0.100 e. The van der Waals surface area contributed by atoms with Crippen LogP contribution in [0.4, 0.5) is 4.39 Å². The van der Waals surface area contributed by atoms with Crippen LogP contribution in [0, 0.1) is 0 Å². The highest BCUT2D eigenvalue weighted by molar-refractivity contribution is 5.03. The molecule has 0 bridgehead atoms. The number of aromatic nitrogens is 2. The minimum absolute atomic E-state index is 0.469. The second-order valence-electron chi connectivity index (χ2n) is 4.81. The Labute approximate surface area is 90.5 Å². The van der Waals surface area contributed by atoms with E-state index in [1.165, 1.54) is 0 Å². The van der Waals surface area contributed by atoms with E-state index in [1.54, 1.807) is 0 Å². The van der Waals surface area contributed by atoms with Gasteiger partial charge < -0.3 is 4.57 Å². The molecule has 84 valence electrons. The molecule has 0 radical (unpaired) electrons. The van der Waals surface area contributed by atoms with E-state index < -0.39 is 6.17 Å². The predicted molar refractivity (Wildman–Crippen MR) is 58.7 cm³/mol. The van der Waals surface area contributed by atoms with Gasteiger partial charge in [-0.25, -0.2) is 9.37 Å². The van der Waals surface area contributed by atoms with Crippen molar-refractivity contribution in [2.24, 2.45) is 0 Å². The molecule has 0 N–H and O–H groups in total. The summed E-state index contributed by atoms with van der Waals surface area (Å²) in [5.74, 6) is 0.476. The van der Waals surface area contributed by atoms with Gasteiger partial charge >= 0.3 is 0 Å². The van der Waals surface area contributed by atoms with Crippen LogP contribution in [0.5, 0.6) is 0 Å². The average molecular weight is 210 g/mol. The summed E-state index contributed by atoms with van der Waals surface area (Å²) >= 11 is 0. The first-order chi connectivity index (χ1) is 7.16. The van der Waals surface area contributed by atoms with Crippen LogP contribution in [-0.2, 0) is 0 Å². The van der Waals surface area contributed by atoms with Crippen molar-refractivity contribution < 1.29 is 4.39 Å². The van der Waals surface area contributed by atoms with Crippen molar-refractivity contribution in [3.05, 3.63) is 18.2 Å². The van der Waals surface area contributed by atoms with Crippen molar-refractivity contribution in [1.29, 1.82) is 0 Å². The molecule has 1 aliphatic carbocycles. The Morgan fingerprint density at radius 1 is 1.33 bits per heavy atom. The van der Waals surface area contributed by atoms with Crippen LogP contribution < -0.4 is 0 Å². The van der Waals surface area contributed by atoms with Crippen molar-refractivity contribution in [2.45, 2.75) is 57.7 Å². The summed E-state index contributed by atoms with van der Waals surface area (Å²) < 4.78 is 15.1. The Hall–Kier alpha value is -0.860. The molecule has 0 aromatic carbocycles. The lowest BCUT2D eigenvalue weighted by molar-refractivity contribution is 0.209. The van der Waals surface area contributed by atoms with Gasteiger partial charge in [-0.3, -0.25) is 0 Å². The smallest absolute Gasteiger partial charge is 0.100 e. The van der Waals surface area contributed by atoms with Gasteiger partial charge in [0, 0.05) is 12.2 Å². The summed E-state index contributed by atoms with van der Waals surface area (Å²) in [6.07, 6.45) is 6.77. The molecule has 0 spiro atoms. The second kappa shape index (κ2) is 4.33. The monoisotopic (exact) mass is 210 g/mol. The van der Waals surface area contributed by atoms with Gasteiger partial charge in [-0.05, 0) is 31.6 Å². The Morgan fingerprint density at radius 3 is 2.53 bits per heavy atom. The third-order valence-electron chi connectivity index (χ3n) is 3.26. The quantitative estimate of drug-likeness (QED) is 0.731. The summed E-state index contributed by atoms with van der Waals surface area (Å²) in [7, 11) is 0. The van der Waals surface area contributed by atoms with Gasteiger partial charge in [0.1, 0.15) is 6.17 Å². The lowest BCUT2D eigenvalue weighted by atomic mass is 9.94. The van der Waals surface area contributed by atoms with E-state index in [0.29, 0.717) is 24.8 Å². The maximum absolute atomic E-state index is 13.0. The number of alkyl halides is 1. The van der Waals surface area contributed by atoms with E-state index in [0.717, 1.165) is 18.5 Å². The highest BCUT2D eigenvalue weighted by Crippen LogP contribution is 2.30. The summed E-state index contributed by atoms with van der Waals surface area (Å²) in [5.41, 5.74) is 1.14. The molecule has 1 heterocycles. The van der Waals surface area contributed by atoms with E-state index in [1.807, 2.05) is 6.33 Å². The van der Waals surface area contributed by atoms with E-state index in [4.69, 9.17) is 0 Å². The van der Waals surface area contributed by atoms with Gasteiger partial charge in [0.2, 0.25) is 0 Å². The van der Waals surface area contributed by atoms with Crippen molar-refractivity contribution >= 4 is 0 Å². The number of imidazole rings is 1. The fourth-order valence-corrected chi connectivity index (χ4v) is 2.18. The van der Waals surface area contributed by atoms with Crippen LogP contribution in [0.25, 0.3) is 0 Å². The van der Waals surface area contributed by atoms with Gasteiger partial charge in [0.15, 0.2) is 0 Å². The zero-order valence-corrected chi connectivity index (χ0v) is 9.49. The van der Waals surface area contributed by atoms with E-state index in [-0.39, 0.29) is 0 Å². The minimum atomic E-state index is -0.575. The Morgan fingerprint density at radius 2 is 2.00 bits per heavy atom. The summed E-state index contributed by atoms with van der Waals surface area (Å²) in [5, 5.41) is 0. The molecule has 1 aromatic heterocycles. The van der Waals surface area contributed by atoms with Crippen LogP contribution >= 0.6 is 0 Å². The fraction of sp³-hybridized carbons (Fsp3) is 0.750. The molecule has 0 atom stereocenters. The maximum atomic E-state index is 13.0. The zero-order chi connectivity index (χ0) is 10.8. The molecule has 2 rings (SSSR count). The highest BCUT2D eigenvalue weighted by Gasteiger charge is 2.21. The van der Waals surface area contributed by atoms with Crippen LogP contribution in [0.1, 0.15) is 57.2 Å². The van der Waals surface area contributed by atoms with Crippen LogP contribution in [0.2, 0.25) is 0 Å². The standard InChI is InChI=1S/C12H19FN2/c1-9(2)12-7-15(8-14-12)11-5-3-10(13)4-6-11/h7-11H,3-6H2,1-2H3. The number of hydrogen-bond acceptors (Lipinski definition) is 1. The zero-order valence-electron chi connectivity index (χ0n) is 9.49. The van der Waals surface area contributed by atoms with Gasteiger partial charge in [-0.1, -0.05) is 13.8 Å². The molecule has 0 aliphatic heterocycles. The number of nitrogens with zero attached hydrogens (tertiary/aromatic N) is 2. The van der Waals surface area contributed by atoms with E-state index >= 15 is 0 Å². The molecule has 2 nitrogen and oxygen atoms in total. The Balaban J connectivity index is 2.03. The number of hydrogen-bond donors (Lipinski definition) is 0. The second-order valence-corrected chi connectivity index (χ2v) is 4.81.